The van der Waals surface area contributed by atoms with E-state index in [9.17, 15) is 9.59 Å². The molecule has 2 heterocycles. The summed E-state index contributed by atoms with van der Waals surface area (Å²) in [6, 6.07) is 4.82. The summed E-state index contributed by atoms with van der Waals surface area (Å²) in [5, 5.41) is 7.61. The van der Waals surface area contributed by atoms with Gasteiger partial charge in [-0.1, -0.05) is 27.7 Å². The summed E-state index contributed by atoms with van der Waals surface area (Å²) in [5.41, 5.74) is 1.16. The number of nitrogens with zero attached hydrogens (tertiary/aromatic N) is 3. The van der Waals surface area contributed by atoms with E-state index in [1.165, 1.54) is 0 Å². The fraction of sp³-hybridized carbons (Fsp3) is 0.412. The molecular weight excluding hydrogens is 395 g/mol. The first-order chi connectivity index (χ1) is 12.5. The number of likely N-dealkylation sites (tertiary alicyclic amines) is 1. The SMILES string of the molecule is Cc1nnsc1C(=O)N1CCC(CNC(=O)c2ccc(Cl)c(Cl)c2)CC1. The van der Waals surface area contributed by atoms with Gasteiger partial charge in [0, 0.05) is 25.2 Å². The Morgan fingerprint density at radius 3 is 2.62 bits per heavy atom. The molecule has 2 aromatic rings. The molecule has 0 radical (unpaired) electrons. The van der Waals surface area contributed by atoms with E-state index in [0.717, 1.165) is 24.4 Å². The van der Waals surface area contributed by atoms with Crippen LogP contribution in [-0.4, -0.2) is 45.9 Å². The monoisotopic (exact) mass is 412 g/mol. The summed E-state index contributed by atoms with van der Waals surface area (Å²) in [6.45, 7) is 3.71. The third-order valence-electron chi connectivity index (χ3n) is 4.48. The predicted octanol–water partition coefficient (Wildman–Crippen LogP) is 3.44. The molecule has 138 valence electrons. The highest BCUT2D eigenvalue weighted by Crippen LogP contribution is 2.23. The maximum Gasteiger partial charge on any atom is 0.267 e. The van der Waals surface area contributed by atoms with Crippen molar-refractivity contribution in [2.75, 3.05) is 19.6 Å². The van der Waals surface area contributed by atoms with E-state index in [-0.39, 0.29) is 11.8 Å². The van der Waals surface area contributed by atoms with Gasteiger partial charge in [-0.05, 0) is 55.4 Å². The molecule has 1 saturated heterocycles. The van der Waals surface area contributed by atoms with Gasteiger partial charge in [0.2, 0.25) is 0 Å². The van der Waals surface area contributed by atoms with Gasteiger partial charge in [0.15, 0.2) is 0 Å². The Morgan fingerprint density at radius 2 is 2.00 bits per heavy atom. The third kappa shape index (κ3) is 4.34. The van der Waals surface area contributed by atoms with Crippen LogP contribution in [0.1, 0.15) is 38.6 Å². The van der Waals surface area contributed by atoms with Crippen LogP contribution in [0.4, 0.5) is 0 Å². The number of amides is 2. The molecule has 6 nitrogen and oxygen atoms in total. The molecule has 0 aliphatic carbocycles. The predicted molar refractivity (Wildman–Crippen MR) is 102 cm³/mol. The number of hydrogen-bond donors (Lipinski definition) is 1. The van der Waals surface area contributed by atoms with Crippen molar-refractivity contribution >= 4 is 46.5 Å². The largest absolute Gasteiger partial charge is 0.352 e. The smallest absolute Gasteiger partial charge is 0.267 e. The van der Waals surface area contributed by atoms with Crippen LogP contribution in [0, 0.1) is 12.8 Å². The van der Waals surface area contributed by atoms with E-state index in [2.05, 4.69) is 14.9 Å². The van der Waals surface area contributed by atoms with E-state index < -0.39 is 0 Å². The van der Waals surface area contributed by atoms with Crippen molar-refractivity contribution in [2.24, 2.45) is 5.92 Å². The van der Waals surface area contributed by atoms with Crippen LogP contribution in [0.2, 0.25) is 10.0 Å². The highest BCUT2D eigenvalue weighted by molar-refractivity contribution is 7.07. The van der Waals surface area contributed by atoms with Crippen LogP contribution in [0.3, 0.4) is 0 Å². The van der Waals surface area contributed by atoms with E-state index in [0.29, 0.717) is 51.7 Å². The van der Waals surface area contributed by atoms with Gasteiger partial charge in [-0.3, -0.25) is 9.59 Å². The number of benzene rings is 1. The maximum absolute atomic E-state index is 12.5. The normalized spacial score (nSPS) is 15.1. The van der Waals surface area contributed by atoms with Crippen molar-refractivity contribution in [3.63, 3.8) is 0 Å². The Morgan fingerprint density at radius 1 is 1.27 bits per heavy atom. The number of piperidine rings is 1. The Labute approximate surface area is 165 Å². The fourth-order valence-electron chi connectivity index (χ4n) is 2.89. The van der Waals surface area contributed by atoms with Gasteiger partial charge in [-0.15, -0.1) is 5.10 Å². The highest BCUT2D eigenvalue weighted by Gasteiger charge is 2.26. The van der Waals surface area contributed by atoms with Crippen LogP contribution >= 0.6 is 34.7 Å². The average molecular weight is 413 g/mol. The van der Waals surface area contributed by atoms with Gasteiger partial charge in [-0.2, -0.15) is 0 Å². The second-order valence-corrected chi connectivity index (χ2v) is 7.83. The van der Waals surface area contributed by atoms with Crippen molar-refractivity contribution in [1.82, 2.24) is 19.8 Å². The molecule has 2 amide bonds. The number of halogens is 2. The summed E-state index contributed by atoms with van der Waals surface area (Å²) < 4.78 is 3.82. The summed E-state index contributed by atoms with van der Waals surface area (Å²) in [4.78, 5) is 27.1. The van der Waals surface area contributed by atoms with Gasteiger partial charge in [0.25, 0.3) is 11.8 Å². The number of nitrogens with one attached hydrogen (secondary N) is 1. The van der Waals surface area contributed by atoms with Gasteiger partial charge >= 0.3 is 0 Å². The highest BCUT2D eigenvalue weighted by atomic mass is 35.5. The van der Waals surface area contributed by atoms with Crippen LogP contribution in [0.15, 0.2) is 18.2 Å². The number of carbonyl (C=O) groups is 2. The van der Waals surface area contributed by atoms with Crippen LogP contribution in [0.5, 0.6) is 0 Å². The lowest BCUT2D eigenvalue weighted by molar-refractivity contribution is 0.0688. The molecule has 1 aromatic heterocycles. The first-order valence-electron chi connectivity index (χ1n) is 8.27. The molecule has 1 aromatic carbocycles. The Bertz CT molecular complexity index is 819. The second kappa shape index (κ2) is 8.33. The third-order valence-corrected chi connectivity index (χ3v) is 6.04. The van der Waals surface area contributed by atoms with Crippen LogP contribution in [-0.2, 0) is 0 Å². The van der Waals surface area contributed by atoms with E-state index in [1.807, 2.05) is 4.90 Å². The zero-order chi connectivity index (χ0) is 18.7. The Hall–Kier alpha value is -1.70. The van der Waals surface area contributed by atoms with Crippen LogP contribution < -0.4 is 5.32 Å². The molecule has 1 aliphatic heterocycles. The molecule has 1 N–H and O–H groups in total. The molecule has 1 aliphatic rings. The summed E-state index contributed by atoms with van der Waals surface area (Å²) >= 11 is 13.0. The fourth-order valence-corrected chi connectivity index (χ4v) is 3.81. The molecule has 0 atom stereocenters. The molecule has 0 unspecified atom stereocenters. The summed E-state index contributed by atoms with van der Waals surface area (Å²) in [7, 11) is 0. The summed E-state index contributed by atoms with van der Waals surface area (Å²) in [5.74, 6) is 0.163. The zero-order valence-electron chi connectivity index (χ0n) is 14.2. The lowest BCUT2D eigenvalue weighted by atomic mass is 9.96. The Kier molecular flexibility index (Phi) is 6.11. The van der Waals surface area contributed by atoms with Crippen molar-refractivity contribution < 1.29 is 9.59 Å². The molecule has 0 bridgehead atoms. The van der Waals surface area contributed by atoms with Gasteiger partial charge in [0.05, 0.1) is 15.7 Å². The lowest BCUT2D eigenvalue weighted by Crippen LogP contribution is -2.41. The van der Waals surface area contributed by atoms with E-state index in [4.69, 9.17) is 23.2 Å². The molecule has 3 rings (SSSR count). The average Bonchev–Trinajstić information content (AvgIpc) is 3.07. The Balaban J connectivity index is 1.48. The summed E-state index contributed by atoms with van der Waals surface area (Å²) in [6.07, 6.45) is 1.69. The van der Waals surface area contributed by atoms with Gasteiger partial charge in [0.1, 0.15) is 4.88 Å². The maximum atomic E-state index is 12.5. The van der Waals surface area contributed by atoms with Crippen molar-refractivity contribution in [3.8, 4) is 0 Å². The van der Waals surface area contributed by atoms with E-state index in [1.54, 1.807) is 25.1 Å². The molecule has 0 spiro atoms. The zero-order valence-corrected chi connectivity index (χ0v) is 16.5. The topological polar surface area (TPSA) is 75.2 Å². The number of aromatic nitrogens is 2. The minimum Gasteiger partial charge on any atom is -0.352 e. The molecular formula is C17H18Cl2N4O2S. The second-order valence-electron chi connectivity index (χ2n) is 6.26. The first-order valence-corrected chi connectivity index (χ1v) is 9.80. The molecule has 0 saturated carbocycles. The molecule has 9 heteroatoms. The number of carbonyl (C=O) groups excluding carboxylic acids is 2. The standard InChI is InChI=1S/C17H18Cl2N4O2S/c1-10-15(26-22-21-10)17(25)23-6-4-11(5-7-23)9-20-16(24)12-2-3-13(18)14(19)8-12/h2-3,8,11H,4-7,9H2,1H3,(H,20,24). The number of rotatable bonds is 4. The minimum atomic E-state index is -0.173. The van der Waals surface area contributed by atoms with Crippen molar-refractivity contribution in [3.05, 3.63) is 44.4 Å². The van der Waals surface area contributed by atoms with Gasteiger partial charge in [-0.25, -0.2) is 0 Å². The minimum absolute atomic E-state index is 0.00390. The molecule has 1 fully saturated rings. The van der Waals surface area contributed by atoms with Crippen molar-refractivity contribution in [1.29, 1.82) is 0 Å². The lowest BCUT2D eigenvalue weighted by Gasteiger charge is -2.31. The number of hydrogen-bond acceptors (Lipinski definition) is 5. The molecule has 26 heavy (non-hydrogen) atoms. The van der Waals surface area contributed by atoms with Crippen molar-refractivity contribution in [2.45, 2.75) is 19.8 Å². The first kappa shape index (κ1) is 19.1. The van der Waals surface area contributed by atoms with Crippen LogP contribution in [0.25, 0.3) is 0 Å². The quantitative estimate of drug-likeness (QED) is 0.834. The van der Waals surface area contributed by atoms with Gasteiger partial charge < -0.3 is 10.2 Å². The number of aryl methyl sites for hydroxylation is 1. The van der Waals surface area contributed by atoms with E-state index >= 15 is 0 Å².